The van der Waals surface area contributed by atoms with Gasteiger partial charge < -0.3 is 18.9 Å². The fourth-order valence-electron chi connectivity index (χ4n) is 4.41. The van der Waals surface area contributed by atoms with Crippen molar-refractivity contribution in [3.8, 4) is 5.75 Å². The molecule has 2 atom stereocenters. The number of benzene rings is 2. The Morgan fingerprint density at radius 2 is 1.97 bits per heavy atom. The van der Waals surface area contributed by atoms with E-state index in [0.717, 1.165) is 35.1 Å². The van der Waals surface area contributed by atoms with E-state index in [0.29, 0.717) is 30.1 Å². The monoisotopic (exact) mass is 438 g/mol. The Morgan fingerprint density at radius 1 is 1.16 bits per heavy atom. The van der Waals surface area contributed by atoms with Gasteiger partial charge in [-0.2, -0.15) is 0 Å². The number of carbonyl (C=O) groups is 1. The van der Waals surface area contributed by atoms with E-state index in [2.05, 4.69) is 0 Å². The van der Waals surface area contributed by atoms with Crippen LogP contribution in [-0.2, 0) is 11.3 Å². The molecule has 0 saturated carbocycles. The van der Waals surface area contributed by atoms with E-state index in [-0.39, 0.29) is 23.8 Å². The number of rotatable bonds is 4. The number of halogens is 1. The van der Waals surface area contributed by atoms with Crippen LogP contribution in [0.5, 0.6) is 5.75 Å². The summed E-state index contributed by atoms with van der Waals surface area (Å²) in [6, 6.07) is 13.4. The number of carbonyl (C=O) groups excluding carboxylic acids is 1. The number of aryl methyl sites for hydroxylation is 1. The average molecular weight is 439 g/mol. The molecular weight excluding hydrogens is 416 g/mol. The van der Waals surface area contributed by atoms with Gasteiger partial charge in [-0.3, -0.25) is 4.79 Å². The summed E-state index contributed by atoms with van der Waals surface area (Å²) in [5, 5.41) is 2.20. The third-order valence-corrected chi connectivity index (χ3v) is 6.39. The number of cyclic esters (lactones) is 1. The van der Waals surface area contributed by atoms with Gasteiger partial charge in [0.15, 0.2) is 0 Å². The predicted octanol–water partition coefficient (Wildman–Crippen LogP) is 4.37. The van der Waals surface area contributed by atoms with Crippen LogP contribution in [0.25, 0.3) is 10.8 Å². The number of ether oxygens (including phenoxy) is 2. The van der Waals surface area contributed by atoms with Crippen molar-refractivity contribution in [3.05, 3.63) is 75.2 Å². The fraction of sp³-hybridized carbons (Fsp3) is 0.333. The van der Waals surface area contributed by atoms with Crippen molar-refractivity contribution in [2.24, 2.45) is 0 Å². The lowest BCUT2D eigenvalue weighted by atomic mass is 10.0. The zero-order valence-corrected chi connectivity index (χ0v) is 18.0. The van der Waals surface area contributed by atoms with Gasteiger partial charge in [-0.25, -0.2) is 4.79 Å². The van der Waals surface area contributed by atoms with Gasteiger partial charge in [0, 0.05) is 30.6 Å². The lowest BCUT2D eigenvalue weighted by Crippen LogP contribution is -2.44. The molecule has 2 aliphatic heterocycles. The molecular formula is C24H23ClN2O4. The number of amides is 1. The Morgan fingerprint density at radius 3 is 2.77 bits per heavy atom. The highest BCUT2D eigenvalue weighted by Gasteiger charge is 2.39. The maximum atomic E-state index is 13.2. The topological polar surface area (TPSA) is 60.8 Å². The third kappa shape index (κ3) is 3.88. The van der Waals surface area contributed by atoms with Crippen molar-refractivity contribution < 1.29 is 14.3 Å². The van der Waals surface area contributed by atoms with Crippen LogP contribution in [0.3, 0.4) is 0 Å². The molecule has 0 radical (unpaired) electrons. The third-order valence-electron chi connectivity index (χ3n) is 6.13. The van der Waals surface area contributed by atoms with Crippen LogP contribution in [0.15, 0.2) is 53.5 Å². The van der Waals surface area contributed by atoms with E-state index in [4.69, 9.17) is 21.1 Å². The van der Waals surface area contributed by atoms with Crippen LogP contribution >= 0.6 is 11.6 Å². The molecule has 0 N–H and O–H groups in total. The quantitative estimate of drug-likeness (QED) is 0.606. The molecule has 0 spiro atoms. The first-order valence-electron chi connectivity index (χ1n) is 10.5. The van der Waals surface area contributed by atoms with Gasteiger partial charge in [-0.15, -0.1) is 0 Å². The molecule has 5 rings (SSSR count). The van der Waals surface area contributed by atoms with Gasteiger partial charge in [0.2, 0.25) is 0 Å². The van der Waals surface area contributed by atoms with E-state index in [9.17, 15) is 9.59 Å². The maximum absolute atomic E-state index is 13.2. The zero-order valence-electron chi connectivity index (χ0n) is 17.2. The van der Waals surface area contributed by atoms with Crippen molar-refractivity contribution in [3.63, 3.8) is 0 Å². The van der Waals surface area contributed by atoms with Crippen LogP contribution in [0.4, 0.5) is 4.79 Å². The minimum absolute atomic E-state index is 0.00750. The second kappa shape index (κ2) is 7.93. The Labute approximate surface area is 184 Å². The minimum atomic E-state index is -0.230. The molecule has 0 unspecified atom stereocenters. The van der Waals surface area contributed by atoms with Crippen molar-refractivity contribution in [1.82, 2.24) is 9.47 Å². The van der Waals surface area contributed by atoms with Crippen molar-refractivity contribution in [2.75, 3.05) is 13.2 Å². The summed E-state index contributed by atoms with van der Waals surface area (Å²) in [4.78, 5) is 26.7. The Kier molecular flexibility index (Phi) is 5.10. The lowest BCUT2D eigenvalue weighted by Gasteiger charge is -2.32. The van der Waals surface area contributed by atoms with Gasteiger partial charge in [0.25, 0.3) is 5.56 Å². The fourth-order valence-corrected chi connectivity index (χ4v) is 4.54. The number of hydrogen-bond acceptors (Lipinski definition) is 4. The van der Waals surface area contributed by atoms with E-state index in [1.807, 2.05) is 55.6 Å². The van der Waals surface area contributed by atoms with Gasteiger partial charge in [-0.05, 0) is 53.8 Å². The minimum Gasteiger partial charge on any atom is -0.490 e. The number of hydrogen-bond donors (Lipinski definition) is 0. The van der Waals surface area contributed by atoms with Crippen LogP contribution < -0.4 is 10.3 Å². The van der Waals surface area contributed by atoms with Crippen LogP contribution in [0.2, 0.25) is 5.02 Å². The van der Waals surface area contributed by atoms with Crippen molar-refractivity contribution in [2.45, 2.75) is 38.5 Å². The second-order valence-corrected chi connectivity index (χ2v) is 8.71. The first kappa shape index (κ1) is 19.9. The molecule has 2 aliphatic rings. The first-order chi connectivity index (χ1) is 15.0. The number of piperidine rings is 1. The second-order valence-electron chi connectivity index (χ2n) is 8.27. The molecule has 2 aromatic carbocycles. The van der Waals surface area contributed by atoms with E-state index in [1.54, 1.807) is 9.47 Å². The molecule has 2 saturated heterocycles. The highest BCUT2D eigenvalue weighted by atomic mass is 35.5. The molecule has 2 fully saturated rings. The zero-order chi connectivity index (χ0) is 21.5. The summed E-state index contributed by atoms with van der Waals surface area (Å²) in [6.07, 6.45) is 3.07. The largest absolute Gasteiger partial charge is 0.490 e. The number of nitrogens with zero attached hydrogens (tertiary/aromatic N) is 2. The molecule has 160 valence electrons. The van der Waals surface area contributed by atoms with Gasteiger partial charge in [-0.1, -0.05) is 23.7 Å². The Balaban J connectivity index is 1.41. The molecule has 0 aliphatic carbocycles. The molecule has 0 bridgehead atoms. The standard InChI is InChI=1S/C24H23ClN2O4/c1-15-10-17-6-8-26(13-16-2-4-18(25)5-3-16)23(28)21(17)12-22(15)31-20-7-9-27-19(11-20)14-30-24(27)29/h2-6,8,10,12,19-20H,7,9,11,13-14H2,1H3/t19-,20-/m0/s1. The normalized spacial score (nSPS) is 20.6. The average Bonchev–Trinajstić information content (AvgIpc) is 3.13. The SMILES string of the molecule is Cc1cc2ccn(Cc3ccc(Cl)cc3)c(=O)c2cc1O[C@H]1CCN2C(=O)OC[C@@H]2C1. The summed E-state index contributed by atoms with van der Waals surface area (Å²) >= 11 is 5.96. The Bertz CT molecular complexity index is 1200. The summed E-state index contributed by atoms with van der Waals surface area (Å²) in [7, 11) is 0. The van der Waals surface area contributed by atoms with Gasteiger partial charge in [0.1, 0.15) is 18.5 Å². The highest BCUT2D eigenvalue weighted by molar-refractivity contribution is 6.30. The summed E-state index contributed by atoms with van der Waals surface area (Å²) < 4.78 is 13.2. The van der Waals surface area contributed by atoms with Crippen molar-refractivity contribution in [1.29, 1.82) is 0 Å². The molecule has 1 amide bonds. The number of pyridine rings is 1. The van der Waals surface area contributed by atoms with Crippen LogP contribution in [0, 0.1) is 6.92 Å². The van der Waals surface area contributed by atoms with Gasteiger partial charge >= 0.3 is 6.09 Å². The summed E-state index contributed by atoms with van der Waals surface area (Å²) in [6.45, 7) is 3.52. The van der Waals surface area contributed by atoms with E-state index >= 15 is 0 Å². The number of fused-ring (bicyclic) bond motifs is 2. The smallest absolute Gasteiger partial charge is 0.410 e. The summed E-state index contributed by atoms with van der Waals surface area (Å²) in [5.74, 6) is 0.720. The highest BCUT2D eigenvalue weighted by Crippen LogP contribution is 2.30. The van der Waals surface area contributed by atoms with Gasteiger partial charge in [0.05, 0.1) is 18.0 Å². The van der Waals surface area contributed by atoms with Crippen molar-refractivity contribution >= 4 is 28.5 Å². The maximum Gasteiger partial charge on any atom is 0.410 e. The molecule has 3 aromatic rings. The van der Waals surface area contributed by atoms with E-state index < -0.39 is 0 Å². The summed E-state index contributed by atoms with van der Waals surface area (Å²) in [5.41, 5.74) is 1.94. The lowest BCUT2D eigenvalue weighted by molar-refractivity contribution is 0.0932. The Hall–Kier alpha value is -2.99. The molecule has 6 nitrogen and oxygen atoms in total. The molecule has 3 heterocycles. The molecule has 7 heteroatoms. The first-order valence-corrected chi connectivity index (χ1v) is 10.8. The van der Waals surface area contributed by atoms with E-state index in [1.165, 1.54) is 0 Å². The molecule has 1 aromatic heterocycles. The molecule has 31 heavy (non-hydrogen) atoms. The van der Waals surface area contributed by atoms with Crippen LogP contribution in [0.1, 0.15) is 24.0 Å². The van der Waals surface area contributed by atoms with Crippen LogP contribution in [-0.4, -0.2) is 40.9 Å². The number of aromatic nitrogens is 1. The predicted molar refractivity (Wildman–Crippen MR) is 119 cm³/mol.